The molecule has 6 heteroatoms. The van der Waals surface area contributed by atoms with Crippen molar-refractivity contribution >= 4 is 45.5 Å². The first kappa shape index (κ1) is 13.9. The number of hydrogen-bond acceptors (Lipinski definition) is 2. The molecule has 3 aromatic rings. The van der Waals surface area contributed by atoms with E-state index in [0.29, 0.717) is 32.3 Å². The van der Waals surface area contributed by atoms with Crippen molar-refractivity contribution in [2.24, 2.45) is 0 Å². The zero-order chi connectivity index (χ0) is 15.0. The van der Waals surface area contributed by atoms with Crippen LogP contribution >= 0.6 is 23.2 Å². The van der Waals surface area contributed by atoms with Crippen molar-refractivity contribution in [3.05, 3.63) is 68.7 Å². The molecule has 0 aliphatic rings. The molecule has 0 spiro atoms. The lowest BCUT2D eigenvalue weighted by molar-refractivity contribution is 0.629. The topological polar surface area (TPSA) is 44.9 Å². The molecule has 1 heterocycles. The highest BCUT2D eigenvalue weighted by Gasteiger charge is 2.06. The molecule has 0 unspecified atom stereocenters. The van der Waals surface area contributed by atoms with Crippen LogP contribution in [-0.2, 0) is 0 Å². The number of rotatable bonds is 2. The van der Waals surface area contributed by atoms with Crippen molar-refractivity contribution in [2.45, 2.75) is 0 Å². The summed E-state index contributed by atoms with van der Waals surface area (Å²) >= 11 is 11.8. The summed E-state index contributed by atoms with van der Waals surface area (Å²) in [6.07, 6.45) is 0. The van der Waals surface area contributed by atoms with E-state index in [9.17, 15) is 9.18 Å². The zero-order valence-corrected chi connectivity index (χ0v) is 12.1. The van der Waals surface area contributed by atoms with Gasteiger partial charge in [0.05, 0.1) is 21.2 Å². The number of benzene rings is 2. The smallest absolute Gasteiger partial charge is 0.250 e. The molecule has 1 aromatic heterocycles. The number of pyridine rings is 1. The van der Waals surface area contributed by atoms with Crippen LogP contribution in [0.1, 0.15) is 0 Å². The van der Waals surface area contributed by atoms with Crippen molar-refractivity contribution in [2.75, 3.05) is 5.32 Å². The summed E-state index contributed by atoms with van der Waals surface area (Å²) < 4.78 is 13.4. The molecular formula is C15H9Cl2FN2O. The maximum Gasteiger partial charge on any atom is 0.250 e. The Bertz CT molecular complexity index is 892. The van der Waals surface area contributed by atoms with E-state index in [-0.39, 0.29) is 11.4 Å². The van der Waals surface area contributed by atoms with Crippen LogP contribution in [0.15, 0.2) is 47.3 Å². The molecule has 21 heavy (non-hydrogen) atoms. The van der Waals surface area contributed by atoms with Gasteiger partial charge in [0.25, 0.3) is 0 Å². The van der Waals surface area contributed by atoms with Gasteiger partial charge in [0.2, 0.25) is 5.56 Å². The van der Waals surface area contributed by atoms with Crippen molar-refractivity contribution in [3.8, 4) is 0 Å². The number of nitrogens with one attached hydrogen (secondary N) is 2. The molecule has 0 atom stereocenters. The maximum atomic E-state index is 13.4. The van der Waals surface area contributed by atoms with Crippen LogP contribution < -0.4 is 10.9 Å². The highest BCUT2D eigenvalue weighted by Crippen LogP contribution is 2.29. The number of fused-ring (bicyclic) bond motifs is 1. The van der Waals surface area contributed by atoms with Gasteiger partial charge in [-0.2, -0.15) is 0 Å². The molecule has 3 nitrogen and oxygen atoms in total. The summed E-state index contributed by atoms with van der Waals surface area (Å²) in [5.74, 6) is -0.383. The largest absolute Gasteiger partial charge is 0.355 e. The van der Waals surface area contributed by atoms with E-state index in [4.69, 9.17) is 23.2 Å². The van der Waals surface area contributed by atoms with Crippen LogP contribution in [0, 0.1) is 5.82 Å². The Morgan fingerprint density at radius 1 is 1.00 bits per heavy atom. The highest BCUT2D eigenvalue weighted by molar-refractivity contribution is 6.42. The van der Waals surface area contributed by atoms with Gasteiger partial charge < -0.3 is 10.3 Å². The van der Waals surface area contributed by atoms with Crippen molar-refractivity contribution in [1.82, 2.24) is 4.98 Å². The lowest BCUT2D eigenvalue weighted by Crippen LogP contribution is -2.06. The lowest BCUT2D eigenvalue weighted by Gasteiger charge is -2.10. The quantitative estimate of drug-likeness (QED) is 0.717. The molecule has 2 aromatic carbocycles. The molecule has 2 N–H and O–H groups in total. The SMILES string of the molecule is O=c1cc(Nc2ccc(Cl)c(Cl)c2)c2cc(F)ccc2[nH]1. The van der Waals surface area contributed by atoms with Gasteiger partial charge >= 0.3 is 0 Å². The summed E-state index contributed by atoms with van der Waals surface area (Å²) in [5, 5.41) is 4.45. The van der Waals surface area contributed by atoms with Gasteiger partial charge in [-0.25, -0.2) is 4.39 Å². The van der Waals surface area contributed by atoms with E-state index in [0.717, 1.165) is 0 Å². The first-order chi connectivity index (χ1) is 10.0. The van der Waals surface area contributed by atoms with Crippen LogP contribution in [0.4, 0.5) is 15.8 Å². The van der Waals surface area contributed by atoms with E-state index >= 15 is 0 Å². The molecule has 0 aliphatic carbocycles. The lowest BCUT2D eigenvalue weighted by atomic mass is 10.1. The molecule has 0 saturated heterocycles. The van der Waals surface area contributed by atoms with E-state index in [1.54, 1.807) is 18.2 Å². The second-order valence-corrected chi connectivity index (χ2v) is 5.31. The Labute approximate surface area is 129 Å². The molecule has 3 rings (SSSR count). The van der Waals surface area contributed by atoms with E-state index in [1.165, 1.54) is 24.3 Å². The zero-order valence-electron chi connectivity index (χ0n) is 10.6. The number of aromatic amines is 1. The van der Waals surface area contributed by atoms with Gasteiger partial charge in [0, 0.05) is 17.1 Å². The fraction of sp³-hybridized carbons (Fsp3) is 0. The minimum Gasteiger partial charge on any atom is -0.355 e. The Kier molecular flexibility index (Phi) is 3.57. The summed E-state index contributed by atoms with van der Waals surface area (Å²) in [6, 6.07) is 10.5. The average Bonchev–Trinajstić information content (AvgIpc) is 2.43. The van der Waals surface area contributed by atoms with Gasteiger partial charge in [-0.3, -0.25) is 4.79 Å². The molecule has 0 aliphatic heterocycles. The minimum absolute atomic E-state index is 0.281. The van der Waals surface area contributed by atoms with E-state index in [2.05, 4.69) is 10.3 Å². The Morgan fingerprint density at radius 3 is 2.57 bits per heavy atom. The maximum absolute atomic E-state index is 13.4. The third-order valence-corrected chi connectivity index (χ3v) is 3.74. The predicted molar refractivity (Wildman–Crippen MR) is 84.3 cm³/mol. The van der Waals surface area contributed by atoms with Gasteiger partial charge in [-0.05, 0) is 36.4 Å². The molecular weight excluding hydrogens is 314 g/mol. The predicted octanol–water partition coefficient (Wildman–Crippen LogP) is 4.72. The number of H-pyrrole nitrogens is 1. The number of halogens is 3. The van der Waals surface area contributed by atoms with Crippen LogP contribution in [-0.4, -0.2) is 4.98 Å². The molecule has 0 fully saturated rings. The number of aromatic nitrogens is 1. The average molecular weight is 323 g/mol. The van der Waals surface area contributed by atoms with Crippen molar-refractivity contribution < 1.29 is 4.39 Å². The van der Waals surface area contributed by atoms with Crippen LogP contribution in [0.25, 0.3) is 10.9 Å². The summed E-state index contributed by atoms with van der Waals surface area (Å²) in [5.41, 5.74) is 1.41. The molecule has 0 amide bonds. The number of anilines is 2. The standard InChI is InChI=1S/C15H9Cl2FN2O/c16-11-3-2-9(6-12(11)17)19-14-7-15(21)20-13-4-1-8(18)5-10(13)14/h1-7H,(H2,19,20,21). The first-order valence-corrected chi connectivity index (χ1v) is 6.83. The summed E-state index contributed by atoms with van der Waals surface area (Å²) in [6.45, 7) is 0. The Morgan fingerprint density at radius 2 is 1.81 bits per heavy atom. The van der Waals surface area contributed by atoms with Gasteiger partial charge in [-0.15, -0.1) is 0 Å². The Hall–Kier alpha value is -2.04. The van der Waals surface area contributed by atoms with Gasteiger partial charge in [0.15, 0.2) is 0 Å². The van der Waals surface area contributed by atoms with Crippen LogP contribution in [0.2, 0.25) is 10.0 Å². The van der Waals surface area contributed by atoms with Gasteiger partial charge in [-0.1, -0.05) is 23.2 Å². The van der Waals surface area contributed by atoms with Crippen molar-refractivity contribution in [1.29, 1.82) is 0 Å². The third kappa shape index (κ3) is 2.86. The summed E-state index contributed by atoms with van der Waals surface area (Å²) in [7, 11) is 0. The summed E-state index contributed by atoms with van der Waals surface area (Å²) in [4.78, 5) is 14.3. The van der Waals surface area contributed by atoms with E-state index in [1.807, 2.05) is 0 Å². The van der Waals surface area contributed by atoms with Gasteiger partial charge in [0.1, 0.15) is 5.82 Å². The molecule has 0 saturated carbocycles. The monoisotopic (exact) mass is 322 g/mol. The second kappa shape index (κ2) is 5.39. The fourth-order valence-corrected chi connectivity index (χ4v) is 2.36. The van der Waals surface area contributed by atoms with E-state index < -0.39 is 0 Å². The number of hydrogen-bond donors (Lipinski definition) is 2. The van der Waals surface area contributed by atoms with Crippen molar-refractivity contribution in [3.63, 3.8) is 0 Å². The van der Waals surface area contributed by atoms with Crippen LogP contribution in [0.3, 0.4) is 0 Å². The Balaban J connectivity index is 2.13. The minimum atomic E-state index is -0.383. The molecule has 0 radical (unpaired) electrons. The second-order valence-electron chi connectivity index (χ2n) is 4.49. The fourth-order valence-electron chi connectivity index (χ4n) is 2.06. The first-order valence-electron chi connectivity index (χ1n) is 6.07. The third-order valence-electron chi connectivity index (χ3n) is 3.00. The molecule has 106 valence electrons. The van der Waals surface area contributed by atoms with Crippen LogP contribution in [0.5, 0.6) is 0 Å². The normalized spacial score (nSPS) is 10.8. The molecule has 0 bridgehead atoms. The highest BCUT2D eigenvalue weighted by atomic mass is 35.5.